The van der Waals surface area contributed by atoms with Crippen LogP contribution in [0, 0.1) is 12.8 Å². The van der Waals surface area contributed by atoms with Crippen molar-refractivity contribution >= 4 is 23.6 Å². The standard InChI is InChI=1S/C17H24N2O2S/c1-13-5-3-6-14(9-13)12-22-8-4-7-18-17(21)15-10-16(20)19(2)11-15/h3,5-6,9,15H,4,7-8,10-12H2,1-2H3,(H,18,21). The second-order valence-corrected chi connectivity index (χ2v) is 6.97. The SMILES string of the molecule is Cc1cccc(CSCCCNC(=O)C2CC(=O)N(C)C2)c1. The molecule has 0 aliphatic carbocycles. The molecule has 1 atom stereocenters. The summed E-state index contributed by atoms with van der Waals surface area (Å²) in [5, 5.41) is 2.94. The molecule has 0 bridgehead atoms. The molecule has 2 amide bonds. The van der Waals surface area contributed by atoms with E-state index in [2.05, 4.69) is 36.5 Å². The highest BCUT2D eigenvalue weighted by Gasteiger charge is 2.31. The zero-order chi connectivity index (χ0) is 15.9. The first-order valence-electron chi connectivity index (χ1n) is 7.71. The second-order valence-electron chi connectivity index (χ2n) is 5.86. The molecule has 22 heavy (non-hydrogen) atoms. The van der Waals surface area contributed by atoms with Crippen LogP contribution in [0.25, 0.3) is 0 Å². The third-order valence-electron chi connectivity index (χ3n) is 3.83. The van der Waals surface area contributed by atoms with Crippen LogP contribution in [-0.4, -0.2) is 42.6 Å². The normalized spacial score (nSPS) is 17.8. The minimum absolute atomic E-state index is 0.0152. The van der Waals surface area contributed by atoms with Crippen molar-refractivity contribution in [2.75, 3.05) is 25.9 Å². The van der Waals surface area contributed by atoms with Crippen LogP contribution >= 0.6 is 11.8 Å². The van der Waals surface area contributed by atoms with E-state index in [-0.39, 0.29) is 17.7 Å². The van der Waals surface area contributed by atoms with Gasteiger partial charge in [0.25, 0.3) is 0 Å². The fraction of sp³-hybridized carbons (Fsp3) is 0.529. The molecule has 2 rings (SSSR count). The van der Waals surface area contributed by atoms with Gasteiger partial charge in [0.15, 0.2) is 0 Å². The Hall–Kier alpha value is -1.49. The lowest BCUT2D eigenvalue weighted by Gasteiger charge is -2.11. The summed E-state index contributed by atoms with van der Waals surface area (Å²) in [5.74, 6) is 1.95. The van der Waals surface area contributed by atoms with Gasteiger partial charge in [0.05, 0.1) is 5.92 Å². The summed E-state index contributed by atoms with van der Waals surface area (Å²) in [7, 11) is 1.75. The Balaban J connectivity index is 1.56. The van der Waals surface area contributed by atoms with Gasteiger partial charge in [-0.05, 0) is 24.7 Å². The average Bonchev–Trinajstić information content (AvgIpc) is 2.82. The number of carbonyl (C=O) groups is 2. The summed E-state index contributed by atoms with van der Waals surface area (Å²) in [4.78, 5) is 25.0. The van der Waals surface area contributed by atoms with Crippen LogP contribution in [-0.2, 0) is 15.3 Å². The van der Waals surface area contributed by atoms with Crippen LogP contribution < -0.4 is 5.32 Å². The van der Waals surface area contributed by atoms with E-state index < -0.39 is 0 Å². The number of likely N-dealkylation sites (tertiary alicyclic amines) is 1. The number of nitrogens with zero attached hydrogens (tertiary/aromatic N) is 1. The van der Waals surface area contributed by atoms with Gasteiger partial charge in [0.1, 0.15) is 0 Å². The van der Waals surface area contributed by atoms with Crippen molar-refractivity contribution < 1.29 is 9.59 Å². The number of amides is 2. The molecule has 1 unspecified atom stereocenters. The smallest absolute Gasteiger partial charge is 0.225 e. The van der Waals surface area contributed by atoms with E-state index in [1.807, 2.05) is 11.8 Å². The number of hydrogen-bond donors (Lipinski definition) is 1. The average molecular weight is 320 g/mol. The fourth-order valence-corrected chi connectivity index (χ4v) is 3.47. The first-order valence-corrected chi connectivity index (χ1v) is 8.86. The topological polar surface area (TPSA) is 49.4 Å². The maximum absolute atomic E-state index is 11.9. The van der Waals surface area contributed by atoms with E-state index in [0.717, 1.165) is 17.9 Å². The predicted molar refractivity (Wildman–Crippen MR) is 90.7 cm³/mol. The zero-order valence-corrected chi connectivity index (χ0v) is 14.1. The highest BCUT2D eigenvalue weighted by molar-refractivity contribution is 7.98. The quantitative estimate of drug-likeness (QED) is 0.784. The van der Waals surface area contributed by atoms with Crippen molar-refractivity contribution in [2.45, 2.75) is 25.5 Å². The van der Waals surface area contributed by atoms with Crippen molar-refractivity contribution in [3.63, 3.8) is 0 Å². The minimum Gasteiger partial charge on any atom is -0.356 e. The molecule has 4 nitrogen and oxygen atoms in total. The maximum atomic E-state index is 11.9. The van der Waals surface area contributed by atoms with Crippen LogP contribution in [0.5, 0.6) is 0 Å². The van der Waals surface area contributed by atoms with Crippen LogP contribution in [0.2, 0.25) is 0 Å². The Kier molecular flexibility index (Phi) is 6.31. The van der Waals surface area contributed by atoms with Gasteiger partial charge < -0.3 is 10.2 Å². The molecule has 0 radical (unpaired) electrons. The van der Waals surface area contributed by atoms with E-state index in [0.29, 0.717) is 19.5 Å². The molecule has 1 aromatic rings. The molecule has 1 aromatic carbocycles. The first-order chi connectivity index (χ1) is 10.6. The Morgan fingerprint density at radius 1 is 1.45 bits per heavy atom. The third-order valence-corrected chi connectivity index (χ3v) is 4.94. The third kappa shape index (κ3) is 5.05. The molecule has 1 saturated heterocycles. The lowest BCUT2D eigenvalue weighted by Crippen LogP contribution is -2.33. The van der Waals surface area contributed by atoms with E-state index in [9.17, 15) is 9.59 Å². The maximum Gasteiger partial charge on any atom is 0.225 e. The minimum atomic E-state index is -0.169. The zero-order valence-electron chi connectivity index (χ0n) is 13.3. The summed E-state index contributed by atoms with van der Waals surface area (Å²) in [6, 6.07) is 8.55. The highest BCUT2D eigenvalue weighted by Crippen LogP contribution is 2.16. The van der Waals surface area contributed by atoms with E-state index >= 15 is 0 Å². The Bertz CT molecular complexity index is 533. The van der Waals surface area contributed by atoms with E-state index in [4.69, 9.17) is 0 Å². The van der Waals surface area contributed by atoms with Gasteiger partial charge in [-0.25, -0.2) is 0 Å². The number of aryl methyl sites for hydroxylation is 1. The van der Waals surface area contributed by atoms with Crippen molar-refractivity contribution in [3.8, 4) is 0 Å². The van der Waals surface area contributed by atoms with Gasteiger partial charge in [-0.3, -0.25) is 9.59 Å². The molecule has 0 saturated carbocycles. The van der Waals surface area contributed by atoms with Crippen LogP contribution in [0.15, 0.2) is 24.3 Å². The first kappa shape index (κ1) is 16.9. The van der Waals surface area contributed by atoms with Crippen LogP contribution in [0.1, 0.15) is 24.0 Å². The molecule has 0 aromatic heterocycles. The van der Waals surface area contributed by atoms with Gasteiger partial charge in [-0.1, -0.05) is 29.8 Å². The number of nitrogens with one attached hydrogen (secondary N) is 1. The molecule has 1 aliphatic heterocycles. The Morgan fingerprint density at radius 3 is 2.95 bits per heavy atom. The highest BCUT2D eigenvalue weighted by atomic mass is 32.2. The summed E-state index contributed by atoms with van der Waals surface area (Å²) in [6.45, 7) is 3.34. The molecule has 1 N–H and O–H groups in total. The van der Waals surface area contributed by atoms with Crippen molar-refractivity contribution in [1.29, 1.82) is 0 Å². The molecule has 1 fully saturated rings. The summed E-state index contributed by atoms with van der Waals surface area (Å²) in [5.41, 5.74) is 2.64. The molecule has 0 spiro atoms. The number of benzene rings is 1. The van der Waals surface area contributed by atoms with Gasteiger partial charge >= 0.3 is 0 Å². The number of rotatable bonds is 7. The summed E-state index contributed by atoms with van der Waals surface area (Å²) < 4.78 is 0. The monoisotopic (exact) mass is 320 g/mol. The van der Waals surface area contributed by atoms with Gasteiger partial charge in [-0.2, -0.15) is 11.8 Å². The van der Waals surface area contributed by atoms with Crippen molar-refractivity contribution in [2.24, 2.45) is 5.92 Å². The number of thioether (sulfide) groups is 1. The lowest BCUT2D eigenvalue weighted by molar-refractivity contribution is -0.128. The van der Waals surface area contributed by atoms with Crippen molar-refractivity contribution in [1.82, 2.24) is 10.2 Å². The van der Waals surface area contributed by atoms with E-state index in [1.165, 1.54) is 11.1 Å². The molecule has 5 heteroatoms. The number of hydrogen-bond acceptors (Lipinski definition) is 3. The summed E-state index contributed by atoms with van der Waals surface area (Å²) in [6.07, 6.45) is 1.31. The van der Waals surface area contributed by atoms with Gasteiger partial charge in [-0.15, -0.1) is 0 Å². The fourth-order valence-electron chi connectivity index (χ4n) is 2.56. The molecule has 1 heterocycles. The van der Waals surface area contributed by atoms with Gasteiger partial charge in [0, 0.05) is 32.3 Å². The largest absolute Gasteiger partial charge is 0.356 e. The Morgan fingerprint density at radius 2 is 2.27 bits per heavy atom. The predicted octanol–water partition coefficient (Wildman–Crippen LogP) is 2.21. The summed E-state index contributed by atoms with van der Waals surface area (Å²) >= 11 is 1.89. The Labute approximate surface area is 136 Å². The van der Waals surface area contributed by atoms with Gasteiger partial charge in [0.2, 0.25) is 11.8 Å². The second kappa shape index (κ2) is 8.22. The van der Waals surface area contributed by atoms with Crippen molar-refractivity contribution in [3.05, 3.63) is 35.4 Å². The van der Waals surface area contributed by atoms with E-state index in [1.54, 1.807) is 11.9 Å². The molecular formula is C17H24N2O2S. The molecular weight excluding hydrogens is 296 g/mol. The van der Waals surface area contributed by atoms with Crippen LogP contribution in [0.4, 0.5) is 0 Å². The lowest BCUT2D eigenvalue weighted by atomic mass is 10.1. The number of carbonyl (C=O) groups excluding carboxylic acids is 2. The van der Waals surface area contributed by atoms with Crippen LogP contribution in [0.3, 0.4) is 0 Å². The molecule has 120 valence electrons. The molecule has 1 aliphatic rings.